The third-order valence-electron chi connectivity index (χ3n) is 7.63. The summed E-state index contributed by atoms with van der Waals surface area (Å²) in [5.74, 6) is 5.95. The number of hydrogen-bond acceptors (Lipinski definition) is 7. The molecule has 4 aliphatic carbocycles. The Morgan fingerprint density at radius 1 is 0.882 bits per heavy atom. The lowest BCUT2D eigenvalue weighted by atomic mass is 9.48. The summed E-state index contributed by atoms with van der Waals surface area (Å²) in [7, 11) is 3.26. The molecule has 7 nitrogen and oxygen atoms in total. The molecule has 34 heavy (non-hydrogen) atoms. The Morgan fingerprint density at radius 2 is 1.41 bits per heavy atom. The van der Waals surface area contributed by atoms with E-state index in [0.29, 0.717) is 37.7 Å². The summed E-state index contributed by atoms with van der Waals surface area (Å²) >= 11 is 0. The van der Waals surface area contributed by atoms with Crippen molar-refractivity contribution in [3.8, 4) is 23.8 Å². The summed E-state index contributed by atoms with van der Waals surface area (Å²) in [6.45, 7) is 1.98. The Balaban J connectivity index is 1.63. The van der Waals surface area contributed by atoms with Gasteiger partial charge in [0.2, 0.25) is 0 Å². The lowest BCUT2D eigenvalue weighted by molar-refractivity contribution is -0.0203. The monoisotopic (exact) mass is 474 g/mol. The number of aliphatic hydroxyl groups excluding tert-OH is 1. The first-order valence-corrected chi connectivity index (χ1v) is 12.3. The first-order chi connectivity index (χ1) is 16.6. The maximum absolute atomic E-state index is 10.7. The standard InChI is InChI=1S/C27H38O7/c1-4-24(28)22-12-23(27-14-19-9-20(15-27)11-21(10-19)16-27)26(34-18-32-8-6-30-3)13-25(22)33-17-31-7-5-29-2/h1,12-13,19-21,24,28H,5-11,14-18H2,2-3H3. The lowest BCUT2D eigenvalue weighted by Crippen LogP contribution is -2.48. The number of terminal acetylenes is 1. The van der Waals surface area contributed by atoms with E-state index in [9.17, 15) is 5.11 Å². The molecule has 0 aromatic heterocycles. The van der Waals surface area contributed by atoms with Crippen LogP contribution in [0.3, 0.4) is 0 Å². The second-order valence-corrected chi connectivity index (χ2v) is 9.98. The zero-order valence-electron chi connectivity index (χ0n) is 20.4. The van der Waals surface area contributed by atoms with Gasteiger partial charge in [-0.05, 0) is 67.8 Å². The van der Waals surface area contributed by atoms with Crippen LogP contribution in [0.4, 0.5) is 0 Å². The van der Waals surface area contributed by atoms with E-state index in [1.165, 1.54) is 19.3 Å². The zero-order chi connectivity index (χ0) is 24.0. The zero-order valence-corrected chi connectivity index (χ0v) is 20.4. The van der Waals surface area contributed by atoms with E-state index in [4.69, 9.17) is 34.8 Å². The molecule has 0 amide bonds. The molecule has 4 aliphatic rings. The molecule has 0 heterocycles. The molecule has 7 heteroatoms. The molecule has 1 atom stereocenters. The number of benzene rings is 1. The molecule has 5 rings (SSSR count). The second-order valence-electron chi connectivity index (χ2n) is 9.98. The third kappa shape index (κ3) is 5.69. The molecule has 4 bridgehead atoms. The van der Waals surface area contributed by atoms with Crippen molar-refractivity contribution in [3.05, 3.63) is 23.3 Å². The second kappa shape index (κ2) is 11.7. The van der Waals surface area contributed by atoms with Crippen LogP contribution in [0.1, 0.15) is 55.8 Å². The summed E-state index contributed by atoms with van der Waals surface area (Å²) in [5.41, 5.74) is 1.75. The number of hydrogen-bond donors (Lipinski definition) is 1. The van der Waals surface area contributed by atoms with E-state index in [1.54, 1.807) is 14.2 Å². The smallest absolute Gasteiger partial charge is 0.189 e. The minimum atomic E-state index is -1.08. The Morgan fingerprint density at radius 3 is 1.91 bits per heavy atom. The van der Waals surface area contributed by atoms with Crippen LogP contribution in [0.2, 0.25) is 0 Å². The molecular weight excluding hydrogens is 436 g/mol. The fourth-order valence-electron chi connectivity index (χ4n) is 6.59. The average molecular weight is 475 g/mol. The van der Waals surface area contributed by atoms with Crippen molar-refractivity contribution in [2.45, 2.75) is 50.0 Å². The average Bonchev–Trinajstić information content (AvgIpc) is 2.82. The van der Waals surface area contributed by atoms with Gasteiger partial charge in [0.25, 0.3) is 0 Å². The Labute approximate surface area is 203 Å². The maximum atomic E-state index is 10.7. The van der Waals surface area contributed by atoms with Crippen molar-refractivity contribution >= 4 is 0 Å². The van der Waals surface area contributed by atoms with Crippen LogP contribution in [-0.4, -0.2) is 59.3 Å². The van der Waals surface area contributed by atoms with E-state index in [0.717, 1.165) is 48.3 Å². The summed E-state index contributed by atoms with van der Waals surface area (Å²) in [6, 6.07) is 3.87. The Hall–Kier alpha value is -1.82. The highest BCUT2D eigenvalue weighted by Crippen LogP contribution is 2.62. The van der Waals surface area contributed by atoms with Crippen LogP contribution >= 0.6 is 0 Å². The molecule has 0 radical (unpaired) electrons. The predicted octanol–water partition coefficient (Wildman–Crippen LogP) is 3.82. The van der Waals surface area contributed by atoms with Gasteiger partial charge in [0.05, 0.1) is 26.4 Å². The molecule has 1 unspecified atom stereocenters. The van der Waals surface area contributed by atoms with Gasteiger partial charge in [-0.1, -0.05) is 5.92 Å². The SMILES string of the molecule is C#CC(O)c1cc(C23CC4CC(CC(C4)C2)C3)c(OCOCCOC)cc1OCOCCOC. The minimum Gasteiger partial charge on any atom is -0.467 e. The summed E-state index contributed by atoms with van der Waals surface area (Å²) < 4.78 is 33.2. The molecular formula is C27H38O7. The van der Waals surface area contributed by atoms with Crippen LogP contribution in [0, 0.1) is 30.1 Å². The molecule has 4 fully saturated rings. The molecule has 0 saturated heterocycles. The van der Waals surface area contributed by atoms with Gasteiger partial charge in [-0.3, -0.25) is 0 Å². The van der Waals surface area contributed by atoms with Crippen LogP contribution < -0.4 is 9.47 Å². The van der Waals surface area contributed by atoms with Crippen molar-refractivity contribution in [3.63, 3.8) is 0 Å². The number of rotatable bonds is 14. The van der Waals surface area contributed by atoms with Gasteiger partial charge >= 0.3 is 0 Å². The van der Waals surface area contributed by atoms with Gasteiger partial charge < -0.3 is 33.5 Å². The van der Waals surface area contributed by atoms with Crippen molar-refractivity contribution < 1.29 is 33.5 Å². The van der Waals surface area contributed by atoms with Gasteiger partial charge in [-0.15, -0.1) is 6.42 Å². The molecule has 1 aromatic rings. The largest absolute Gasteiger partial charge is 0.467 e. The fraction of sp³-hybridized carbons (Fsp3) is 0.704. The van der Waals surface area contributed by atoms with Crippen molar-refractivity contribution in [2.75, 3.05) is 54.2 Å². The maximum Gasteiger partial charge on any atom is 0.189 e. The summed E-state index contributed by atoms with van der Waals surface area (Å²) in [5, 5.41) is 10.7. The number of methoxy groups -OCH3 is 2. The van der Waals surface area contributed by atoms with Gasteiger partial charge in [0, 0.05) is 31.4 Å². The van der Waals surface area contributed by atoms with Crippen LogP contribution in [-0.2, 0) is 24.4 Å². The highest BCUT2D eigenvalue weighted by atomic mass is 16.7. The van der Waals surface area contributed by atoms with Crippen LogP contribution in [0.25, 0.3) is 0 Å². The van der Waals surface area contributed by atoms with Crippen LogP contribution in [0.5, 0.6) is 11.5 Å². The highest BCUT2D eigenvalue weighted by molar-refractivity contribution is 5.52. The molecule has 1 aromatic carbocycles. The van der Waals surface area contributed by atoms with Crippen molar-refractivity contribution in [2.24, 2.45) is 17.8 Å². The minimum absolute atomic E-state index is 0.0220. The Bertz CT molecular complexity index is 811. The van der Waals surface area contributed by atoms with Gasteiger partial charge in [-0.2, -0.15) is 0 Å². The lowest BCUT2D eigenvalue weighted by Gasteiger charge is -2.57. The molecule has 0 aliphatic heterocycles. The number of aliphatic hydroxyl groups is 1. The van der Waals surface area contributed by atoms with Crippen LogP contribution in [0.15, 0.2) is 12.1 Å². The van der Waals surface area contributed by atoms with Crippen molar-refractivity contribution in [1.82, 2.24) is 0 Å². The first-order valence-electron chi connectivity index (χ1n) is 12.3. The van der Waals surface area contributed by atoms with Gasteiger partial charge in [0.15, 0.2) is 13.6 Å². The molecule has 1 N–H and O–H groups in total. The fourth-order valence-corrected chi connectivity index (χ4v) is 6.59. The Kier molecular flexibility index (Phi) is 8.73. The van der Waals surface area contributed by atoms with E-state index in [1.807, 2.05) is 12.1 Å². The van der Waals surface area contributed by atoms with E-state index in [-0.39, 0.29) is 19.0 Å². The number of ether oxygens (including phenoxy) is 6. The van der Waals surface area contributed by atoms with Gasteiger partial charge in [0.1, 0.15) is 17.6 Å². The molecule has 0 spiro atoms. The highest BCUT2D eigenvalue weighted by Gasteiger charge is 2.52. The molecule has 4 saturated carbocycles. The van der Waals surface area contributed by atoms with Gasteiger partial charge in [-0.25, -0.2) is 0 Å². The molecule has 188 valence electrons. The summed E-state index contributed by atoms with van der Waals surface area (Å²) in [4.78, 5) is 0. The summed E-state index contributed by atoms with van der Waals surface area (Å²) in [6.07, 6.45) is 12.1. The topological polar surface area (TPSA) is 75.6 Å². The van der Waals surface area contributed by atoms with E-state index < -0.39 is 6.10 Å². The third-order valence-corrected chi connectivity index (χ3v) is 7.63. The van der Waals surface area contributed by atoms with Crippen molar-refractivity contribution in [1.29, 1.82) is 0 Å². The van der Waals surface area contributed by atoms with E-state index >= 15 is 0 Å². The van der Waals surface area contributed by atoms with E-state index in [2.05, 4.69) is 5.92 Å². The predicted molar refractivity (Wildman–Crippen MR) is 127 cm³/mol. The first kappa shape index (κ1) is 25.3. The quantitative estimate of drug-likeness (QED) is 0.250. The normalized spacial score (nSPS) is 28.0.